The fourth-order valence-electron chi connectivity index (χ4n) is 6.29. The number of likely N-dealkylation sites (N-methyl/N-ethyl adjacent to an activating group) is 9. The summed E-state index contributed by atoms with van der Waals surface area (Å²) in [5.74, 6) is -7.70. The average Bonchev–Trinajstić information content (AvgIpc) is 0.742. The zero-order valence-electron chi connectivity index (χ0n) is 113. The standard InChI is InChI=1S/9C9H13NO2/c9*1-10-6-9(12)7-3-2-4-8(11)5-7/h9*2-5,9-12H,6H2,1H3/t7*9-;;/m1111000../s1/i2D,3D,4D,5D,6D2,9D;2D,3D,4D,5D,9D;2D,3D,4D,5D,6D2;2D,3D,4D,5D;2D,3D,4D,5D,6D2,9D;2D,3D,4D,5D,9D;2D,3D,4D,5D,6D2;1D3,2D,3D,4D,5D,9D;1D3,2D,3D,4D,5D. The Morgan fingerprint density at radius 2 is 0.417 bits per heavy atom. The van der Waals surface area contributed by atoms with Crippen molar-refractivity contribution < 1.29 is 167 Å². The maximum atomic E-state index is 9.95. The largest absolute Gasteiger partial charge is 0.508 e. The minimum atomic E-state index is -3.07. The molecule has 0 radical (unpaired) electrons. The lowest BCUT2D eigenvalue weighted by Gasteiger charge is -2.09. The van der Waals surface area contributed by atoms with Crippen LogP contribution in [0, 0.1) is 0 Å². The highest BCUT2D eigenvalue weighted by Gasteiger charge is 2.13. The van der Waals surface area contributed by atoms with Crippen LogP contribution in [-0.2, 0) is 0 Å². The van der Waals surface area contributed by atoms with Crippen molar-refractivity contribution in [3.8, 4) is 51.7 Å². The fourth-order valence-corrected chi connectivity index (χ4v) is 6.29. The Hall–Kier alpha value is -9.54. The van der Waals surface area contributed by atoms with E-state index in [9.17, 15) is 91.9 Å². The Labute approximate surface area is 711 Å². The molecule has 27 nitrogen and oxygen atoms in total. The lowest BCUT2D eigenvalue weighted by Crippen LogP contribution is -2.16. The maximum absolute atomic E-state index is 9.95. The summed E-state index contributed by atoms with van der Waals surface area (Å²) in [5, 5.41) is 194. The Morgan fingerprint density at radius 3 is 0.630 bits per heavy atom. The maximum Gasteiger partial charge on any atom is 0.115 e. The molecule has 27 N–H and O–H groups in total. The summed E-state index contributed by atoms with van der Waals surface area (Å²) >= 11 is 0. The molecule has 0 saturated heterocycles. The van der Waals surface area contributed by atoms with Crippen LogP contribution in [0.2, 0.25) is 0 Å². The predicted molar refractivity (Wildman–Crippen MR) is 423 cm³/mol. The van der Waals surface area contributed by atoms with Crippen LogP contribution in [-0.4, -0.2) is 214 Å². The Kier molecular flexibility index (Phi) is 21.2. The van der Waals surface area contributed by atoms with Crippen LogP contribution in [0.3, 0.4) is 0 Å². The summed E-state index contributed by atoms with van der Waals surface area (Å²) in [4.78, 5) is 0. The molecule has 0 aliphatic carbocycles. The van der Waals surface area contributed by atoms with Gasteiger partial charge in [-0.1, -0.05) is 109 Å². The van der Waals surface area contributed by atoms with Gasteiger partial charge in [0.15, 0.2) is 0 Å². The zero-order valence-corrected chi connectivity index (χ0v) is 57.9. The summed E-state index contributed by atoms with van der Waals surface area (Å²) in [6, 6.07) is -24.7. The number of nitrogens with one attached hydrogen (secondary N) is 9. The molecule has 594 valence electrons. The van der Waals surface area contributed by atoms with Crippen LogP contribution in [0.5, 0.6) is 51.7 Å². The molecular formula is C81H117N9O18. The molecule has 108 heavy (non-hydrogen) atoms. The van der Waals surface area contributed by atoms with Gasteiger partial charge in [0.2, 0.25) is 0 Å². The highest BCUT2D eigenvalue weighted by molar-refractivity contribution is 5.35. The zero-order chi connectivity index (χ0) is 129. The van der Waals surface area contributed by atoms with Gasteiger partial charge in [-0.3, -0.25) is 0 Å². The van der Waals surface area contributed by atoms with E-state index in [1.54, 1.807) is 7.05 Å². The SMILES string of the molecule is [2H]c1c([2H])c(O)c([2H])c(C(O)CNC([2H])([2H])[2H])c1[2H].[2H]c1c([2H])c(O)c([2H])c(C([2H])(O)CNC([2H])([2H])[2H])c1[2H].[2H]c1c([2H])c(O)c([2H])c([C@@H](O)C([2H])([2H])NC)c1[2H].[2H]c1c([2H])c(O)c([2H])c([C@@]([2H])(O)C([2H])([2H])NC)c1[2H].[2H]c1c([2H])c(O)c([2H])c([C@@]([2H])(O)CNC)c1[2H].[2H]c1c([2H])c(O)c([2H])c([C@H](O)C([2H])([2H])NC)c1[2H].[2H]c1c([2H])c(O)c([2H])c([C@H](O)CNC)c1[2H].[2H]c1c([2H])c(O)c([2H])c([C@]([2H])(O)C([2H])([2H])NC)c1[2H].[2H]c1c([2H])c(O)c([2H])c([C@]([2H])(O)CNC)c1[2H]. The predicted octanol–water partition coefficient (Wildman–Crippen LogP) is 5.81. The third-order valence-electron chi connectivity index (χ3n) is 10.8. The van der Waals surface area contributed by atoms with Crippen molar-refractivity contribution in [1.82, 2.24) is 47.9 Å². The van der Waals surface area contributed by atoms with E-state index in [0.717, 1.165) is 14.1 Å². The van der Waals surface area contributed by atoms with Gasteiger partial charge in [-0.25, -0.2) is 0 Å². The van der Waals surface area contributed by atoms with Crippen molar-refractivity contribution >= 4 is 0 Å². The first kappa shape index (κ1) is 39.7. The van der Waals surface area contributed by atoms with E-state index in [-0.39, 0.29) is 30.8 Å². The van der Waals surface area contributed by atoms with E-state index in [1.165, 1.54) is 28.2 Å². The summed E-state index contributed by atoms with van der Waals surface area (Å²) < 4.78 is 408. The molecule has 0 fully saturated rings. The molecule has 0 aliphatic rings. The fraction of sp³-hybridized carbons (Fsp3) is 0.333. The second-order valence-corrected chi connectivity index (χ2v) is 18.9. The molecular weight excluding hydrogens is 1390 g/mol. The van der Waals surface area contributed by atoms with E-state index in [4.69, 9.17) is 75.4 Å². The lowest BCUT2D eigenvalue weighted by atomic mass is 10.1. The van der Waals surface area contributed by atoms with Gasteiger partial charge in [-0.15, -0.1) is 0 Å². The van der Waals surface area contributed by atoms with Crippen LogP contribution in [0.15, 0.2) is 218 Å². The van der Waals surface area contributed by atoms with E-state index >= 15 is 0 Å². The third kappa shape index (κ3) is 42.7. The highest BCUT2D eigenvalue weighted by atomic mass is 16.3. The van der Waals surface area contributed by atoms with Crippen molar-refractivity contribution in [3.05, 3.63) is 268 Å². The van der Waals surface area contributed by atoms with Crippen LogP contribution in [0.25, 0.3) is 0 Å². The summed E-state index contributed by atoms with van der Waals surface area (Å²) in [6.07, 6.45) is -20.0. The molecule has 0 saturated carbocycles. The van der Waals surface area contributed by atoms with Crippen molar-refractivity contribution in [3.63, 3.8) is 0 Å². The third-order valence-corrected chi connectivity index (χ3v) is 10.8. The first-order chi connectivity index (χ1) is 73.6. The molecule has 0 aliphatic heterocycles. The first-order valence-electron chi connectivity index (χ1n) is 57.3. The minimum Gasteiger partial charge on any atom is -0.508 e. The number of phenols is 9. The molecule has 2 unspecified atom stereocenters. The van der Waals surface area contributed by atoms with Gasteiger partial charge in [0, 0.05) is 77.9 Å². The molecule has 9 aromatic carbocycles. The lowest BCUT2D eigenvalue weighted by molar-refractivity contribution is 0.177. The molecule has 0 bridgehead atoms. The topological polar surface area (TPSA) is 472 Å². The van der Waals surface area contributed by atoms with Crippen LogP contribution in [0.4, 0.5) is 0 Å². The van der Waals surface area contributed by atoms with Crippen molar-refractivity contribution in [2.75, 3.05) is 122 Å². The van der Waals surface area contributed by atoms with Crippen molar-refractivity contribution in [2.45, 2.75) is 54.8 Å². The van der Waals surface area contributed by atoms with Gasteiger partial charge in [-0.2, -0.15) is 0 Å². The molecule has 9 rings (SSSR count). The monoisotopic (exact) mass is 1560 g/mol. The molecule has 27 heteroatoms. The number of benzene rings is 9. The molecule has 0 heterocycles. The van der Waals surface area contributed by atoms with E-state index in [2.05, 4.69) is 26.6 Å². The number of hydrogen-bond donors (Lipinski definition) is 27. The number of aliphatic hydroxyl groups is 9. The van der Waals surface area contributed by atoms with Crippen molar-refractivity contribution in [1.29, 1.82) is 0 Å². The Bertz CT molecular complexity index is 6300. The molecule has 0 spiro atoms. The van der Waals surface area contributed by atoms with E-state index < -0.39 is 416 Å². The Balaban J connectivity index is 0.000000917. The quantitative estimate of drug-likeness (QED) is 0.0289. The number of hydrogen-bond acceptors (Lipinski definition) is 27. The first-order valence-corrected chi connectivity index (χ1v) is 29.8. The number of rotatable bonds is 27. The van der Waals surface area contributed by atoms with E-state index in [0.29, 0.717) is 0 Å². The average molecular weight is 1560 g/mol. The van der Waals surface area contributed by atoms with Gasteiger partial charge in [0.05, 0.1) is 111 Å². The minimum absolute atomic E-state index is 0.105. The number of aliphatic hydroxyl groups excluding tert-OH is 4. The second kappa shape index (κ2) is 57.6. The molecule has 9 atom stereocenters. The van der Waals surface area contributed by atoms with E-state index in [1.807, 2.05) is 21.3 Å². The van der Waals surface area contributed by atoms with Crippen LogP contribution in [0.1, 0.15) is 180 Å². The number of aromatic hydroxyl groups is 9. The highest BCUT2D eigenvalue weighted by Crippen LogP contribution is 2.24. The van der Waals surface area contributed by atoms with Gasteiger partial charge < -0.3 is 140 Å². The van der Waals surface area contributed by atoms with Gasteiger partial charge in [0.1, 0.15) is 51.7 Å². The molecule has 9 aromatic rings. The van der Waals surface area contributed by atoms with Gasteiger partial charge in [-0.05, 0) is 222 Å². The van der Waals surface area contributed by atoms with Crippen molar-refractivity contribution in [2.24, 2.45) is 0 Å². The normalized spacial score (nSPS) is 22.3. The Morgan fingerprint density at radius 1 is 0.241 bits per heavy atom. The summed E-state index contributed by atoms with van der Waals surface area (Å²) in [5.41, 5.74) is -4.98. The van der Waals surface area contributed by atoms with Crippen LogP contribution >= 0.6 is 0 Å². The van der Waals surface area contributed by atoms with Gasteiger partial charge >= 0.3 is 0 Å². The summed E-state index contributed by atoms with van der Waals surface area (Å²) in [7, 11) is 9.31. The molecule has 0 amide bonds. The number of phenolic OH excluding ortho intramolecular Hbond substituents is 9. The van der Waals surface area contributed by atoms with Gasteiger partial charge in [0.25, 0.3) is 0 Å². The summed E-state index contributed by atoms with van der Waals surface area (Å²) in [6.45, 7) is -16.9. The molecule has 0 aromatic heterocycles. The van der Waals surface area contributed by atoms with Crippen LogP contribution < -0.4 is 47.9 Å². The smallest absolute Gasteiger partial charge is 0.115 e. The second-order valence-electron chi connectivity index (χ2n) is 18.9.